The van der Waals surface area contributed by atoms with Crippen LogP contribution in [0.4, 0.5) is 0 Å². The first kappa shape index (κ1) is 16.7. The molecule has 2 N–H and O–H groups in total. The molecule has 1 rings (SSSR count). The summed E-state index contributed by atoms with van der Waals surface area (Å²) in [4.78, 5) is 0.193. The molecule has 0 bridgehead atoms. The molecule has 0 saturated carbocycles. The fourth-order valence-corrected chi connectivity index (χ4v) is 2.86. The number of hydrogen-bond donors (Lipinski definition) is 2. The van der Waals surface area contributed by atoms with Gasteiger partial charge < -0.3 is 9.84 Å². The first-order chi connectivity index (χ1) is 9.51. The van der Waals surface area contributed by atoms with Crippen molar-refractivity contribution in [3.63, 3.8) is 0 Å². The summed E-state index contributed by atoms with van der Waals surface area (Å²) in [6.07, 6.45) is 0. The smallest absolute Gasteiger partial charge is 0.240 e. The van der Waals surface area contributed by atoms with Crippen LogP contribution < -0.4 is 4.72 Å². The van der Waals surface area contributed by atoms with Gasteiger partial charge >= 0.3 is 0 Å². The molecular formula is C14H19NO4S. The van der Waals surface area contributed by atoms with E-state index in [0.717, 1.165) is 0 Å². The second-order valence-corrected chi connectivity index (χ2v) is 5.77. The van der Waals surface area contributed by atoms with Crippen LogP contribution >= 0.6 is 0 Å². The van der Waals surface area contributed by atoms with Crippen LogP contribution in [0.3, 0.4) is 0 Å². The SMILES string of the molecule is CCOCCNS(=O)(=O)c1cc(C#CCO)ccc1C. The summed E-state index contributed by atoms with van der Waals surface area (Å²) in [6.45, 7) is 4.42. The molecule has 0 aromatic heterocycles. The molecule has 6 heteroatoms. The third kappa shape index (κ3) is 4.94. The standard InChI is InChI=1S/C14H19NO4S/c1-3-19-10-8-15-20(17,18)14-11-13(5-4-9-16)7-6-12(14)2/h6-7,11,15-16H,3,8-10H2,1-2H3. The number of nitrogens with one attached hydrogen (secondary N) is 1. The molecule has 0 aliphatic carbocycles. The van der Waals surface area contributed by atoms with Crippen LogP contribution in [0.5, 0.6) is 0 Å². The Morgan fingerprint density at radius 3 is 2.80 bits per heavy atom. The third-order valence-corrected chi connectivity index (χ3v) is 4.14. The quantitative estimate of drug-likeness (QED) is 0.597. The van der Waals surface area contributed by atoms with Crippen molar-refractivity contribution < 1.29 is 18.3 Å². The summed E-state index contributed by atoms with van der Waals surface area (Å²) in [7, 11) is -3.58. The van der Waals surface area contributed by atoms with Gasteiger partial charge in [0.05, 0.1) is 11.5 Å². The lowest BCUT2D eigenvalue weighted by atomic mass is 10.1. The monoisotopic (exact) mass is 297 g/mol. The molecule has 1 aromatic carbocycles. The van der Waals surface area contributed by atoms with Gasteiger partial charge in [-0.15, -0.1) is 0 Å². The lowest BCUT2D eigenvalue weighted by Crippen LogP contribution is -2.28. The van der Waals surface area contributed by atoms with Gasteiger partial charge in [0.1, 0.15) is 6.61 Å². The van der Waals surface area contributed by atoms with E-state index in [1.54, 1.807) is 19.1 Å². The predicted octanol–water partition coefficient (Wildman–Crippen LogP) is 0.654. The molecule has 0 unspecified atom stereocenters. The Bertz CT molecular complexity index is 599. The summed E-state index contributed by atoms with van der Waals surface area (Å²) in [5.41, 5.74) is 1.19. The van der Waals surface area contributed by atoms with E-state index in [9.17, 15) is 8.42 Å². The van der Waals surface area contributed by atoms with Crippen molar-refractivity contribution >= 4 is 10.0 Å². The molecule has 0 saturated heterocycles. The van der Waals surface area contributed by atoms with Gasteiger partial charge in [-0.05, 0) is 31.5 Å². The maximum Gasteiger partial charge on any atom is 0.240 e. The van der Waals surface area contributed by atoms with Gasteiger partial charge in [0.25, 0.3) is 0 Å². The number of aliphatic hydroxyl groups is 1. The van der Waals surface area contributed by atoms with Crippen LogP contribution in [-0.4, -0.2) is 39.9 Å². The van der Waals surface area contributed by atoms with Gasteiger partial charge in [-0.3, -0.25) is 0 Å². The highest BCUT2D eigenvalue weighted by molar-refractivity contribution is 7.89. The topological polar surface area (TPSA) is 75.6 Å². The Labute approximate surface area is 120 Å². The first-order valence-corrected chi connectivity index (χ1v) is 7.77. The number of hydrogen-bond acceptors (Lipinski definition) is 4. The van der Waals surface area contributed by atoms with Crippen LogP contribution in [-0.2, 0) is 14.8 Å². The zero-order valence-corrected chi connectivity index (χ0v) is 12.5. The zero-order chi connectivity index (χ0) is 15.0. The Kier molecular flexibility index (Phi) is 6.68. The maximum atomic E-state index is 12.2. The molecule has 0 radical (unpaired) electrons. The summed E-state index contributed by atoms with van der Waals surface area (Å²) in [6, 6.07) is 4.91. The average molecular weight is 297 g/mol. The van der Waals surface area contributed by atoms with Crippen molar-refractivity contribution in [2.24, 2.45) is 0 Å². The number of sulfonamides is 1. The van der Waals surface area contributed by atoms with Crippen molar-refractivity contribution in [1.29, 1.82) is 0 Å². The van der Waals surface area contributed by atoms with E-state index >= 15 is 0 Å². The molecule has 0 aliphatic rings. The summed E-state index contributed by atoms with van der Waals surface area (Å²) >= 11 is 0. The molecular weight excluding hydrogens is 278 g/mol. The van der Waals surface area contributed by atoms with E-state index in [1.807, 2.05) is 6.92 Å². The van der Waals surface area contributed by atoms with Crippen molar-refractivity contribution in [2.45, 2.75) is 18.7 Å². The van der Waals surface area contributed by atoms with Crippen molar-refractivity contribution in [2.75, 3.05) is 26.4 Å². The number of benzene rings is 1. The highest BCUT2D eigenvalue weighted by Gasteiger charge is 2.16. The minimum Gasteiger partial charge on any atom is -0.384 e. The molecule has 0 heterocycles. The normalized spacial score (nSPS) is 10.9. The zero-order valence-electron chi connectivity index (χ0n) is 11.6. The van der Waals surface area contributed by atoms with Crippen molar-refractivity contribution in [3.05, 3.63) is 29.3 Å². The molecule has 110 valence electrons. The largest absolute Gasteiger partial charge is 0.384 e. The van der Waals surface area contributed by atoms with E-state index in [-0.39, 0.29) is 18.0 Å². The molecule has 5 nitrogen and oxygen atoms in total. The van der Waals surface area contributed by atoms with E-state index in [1.165, 1.54) is 6.07 Å². The number of aryl methyl sites for hydroxylation is 1. The van der Waals surface area contributed by atoms with Gasteiger partial charge in [0.15, 0.2) is 0 Å². The summed E-state index contributed by atoms with van der Waals surface area (Å²) in [5, 5.41) is 8.66. The van der Waals surface area contributed by atoms with E-state index in [0.29, 0.717) is 24.3 Å². The summed E-state index contributed by atoms with van der Waals surface area (Å²) in [5.74, 6) is 5.19. The lowest BCUT2D eigenvalue weighted by Gasteiger charge is -2.09. The van der Waals surface area contributed by atoms with Gasteiger partial charge in [-0.1, -0.05) is 17.9 Å². The Hall–Kier alpha value is -1.39. The highest BCUT2D eigenvalue weighted by atomic mass is 32.2. The van der Waals surface area contributed by atoms with Crippen LogP contribution in [0.2, 0.25) is 0 Å². The second-order valence-electron chi connectivity index (χ2n) is 4.03. The van der Waals surface area contributed by atoms with Gasteiger partial charge in [0, 0.05) is 18.7 Å². The lowest BCUT2D eigenvalue weighted by molar-refractivity contribution is 0.153. The molecule has 0 spiro atoms. The molecule has 1 aromatic rings. The minimum atomic E-state index is -3.58. The highest BCUT2D eigenvalue weighted by Crippen LogP contribution is 2.16. The third-order valence-electron chi connectivity index (χ3n) is 2.53. The van der Waals surface area contributed by atoms with E-state index < -0.39 is 10.0 Å². The van der Waals surface area contributed by atoms with Crippen LogP contribution in [0.1, 0.15) is 18.1 Å². The Morgan fingerprint density at radius 1 is 1.40 bits per heavy atom. The van der Waals surface area contributed by atoms with E-state index in [4.69, 9.17) is 9.84 Å². The summed E-state index contributed by atoms with van der Waals surface area (Å²) < 4.78 is 31.9. The average Bonchev–Trinajstić information content (AvgIpc) is 2.42. The number of ether oxygens (including phenoxy) is 1. The minimum absolute atomic E-state index is 0.193. The first-order valence-electron chi connectivity index (χ1n) is 6.29. The Morgan fingerprint density at radius 2 is 2.15 bits per heavy atom. The fourth-order valence-electron chi connectivity index (χ4n) is 1.58. The number of aliphatic hydroxyl groups excluding tert-OH is 1. The van der Waals surface area contributed by atoms with Crippen LogP contribution in [0, 0.1) is 18.8 Å². The van der Waals surface area contributed by atoms with Crippen LogP contribution in [0.15, 0.2) is 23.1 Å². The maximum absolute atomic E-state index is 12.2. The van der Waals surface area contributed by atoms with Crippen LogP contribution in [0.25, 0.3) is 0 Å². The molecule has 0 aliphatic heterocycles. The van der Waals surface area contributed by atoms with Gasteiger partial charge in [-0.25, -0.2) is 13.1 Å². The second kappa shape index (κ2) is 8.02. The van der Waals surface area contributed by atoms with E-state index in [2.05, 4.69) is 16.6 Å². The molecule has 0 fully saturated rings. The molecule has 0 amide bonds. The number of rotatable bonds is 6. The fraction of sp³-hybridized carbons (Fsp3) is 0.429. The van der Waals surface area contributed by atoms with Gasteiger partial charge in [-0.2, -0.15) is 0 Å². The molecule has 0 atom stereocenters. The van der Waals surface area contributed by atoms with Crippen molar-refractivity contribution in [1.82, 2.24) is 4.72 Å². The van der Waals surface area contributed by atoms with Crippen molar-refractivity contribution in [3.8, 4) is 11.8 Å². The van der Waals surface area contributed by atoms with Gasteiger partial charge in [0.2, 0.25) is 10.0 Å². The molecule has 20 heavy (non-hydrogen) atoms. The Balaban J connectivity index is 2.93. The predicted molar refractivity (Wildman–Crippen MR) is 76.8 cm³/mol.